The lowest BCUT2D eigenvalue weighted by Crippen LogP contribution is -2.30. The second kappa shape index (κ2) is 2.28. The molecule has 0 nitrogen and oxygen atoms in total. The summed E-state index contributed by atoms with van der Waals surface area (Å²) in [5.74, 6) is 2.73. The minimum atomic E-state index is 0.661. The van der Waals surface area contributed by atoms with E-state index >= 15 is 0 Å². The molecule has 2 saturated carbocycles. The molecule has 3 aliphatic carbocycles. The zero-order valence-corrected chi connectivity index (χ0v) is 9.93. The molecular weight excluding hydrogens is 168 g/mol. The standard InChI is InChI=1S/C14H22/c1-9(2)14-6-5-13(4)11(8-14)10(3)7-12(13)14/h7,9,11-12H,5-6,8H2,1-4H3/t11-,12-,13+,14+/m1/s1. The van der Waals surface area contributed by atoms with E-state index in [9.17, 15) is 0 Å². The van der Waals surface area contributed by atoms with E-state index in [1.165, 1.54) is 19.3 Å². The fourth-order valence-corrected chi connectivity index (χ4v) is 5.00. The highest BCUT2D eigenvalue weighted by Gasteiger charge is 2.67. The first kappa shape index (κ1) is 9.00. The molecule has 0 aromatic carbocycles. The van der Waals surface area contributed by atoms with Gasteiger partial charge in [-0.15, -0.1) is 0 Å². The minimum Gasteiger partial charge on any atom is -0.0811 e. The Hall–Kier alpha value is -0.260. The summed E-state index contributed by atoms with van der Waals surface area (Å²) < 4.78 is 0. The minimum absolute atomic E-state index is 0.661. The van der Waals surface area contributed by atoms with Crippen molar-refractivity contribution in [1.29, 1.82) is 0 Å². The third-order valence-corrected chi connectivity index (χ3v) is 5.97. The summed E-state index contributed by atoms with van der Waals surface area (Å²) in [5.41, 5.74) is 3.06. The van der Waals surface area contributed by atoms with Crippen LogP contribution in [0.3, 0.4) is 0 Å². The van der Waals surface area contributed by atoms with Crippen molar-refractivity contribution in [2.45, 2.75) is 47.0 Å². The summed E-state index contributed by atoms with van der Waals surface area (Å²) >= 11 is 0. The van der Waals surface area contributed by atoms with E-state index in [4.69, 9.17) is 0 Å². The fourth-order valence-electron chi connectivity index (χ4n) is 5.00. The molecule has 0 heteroatoms. The fraction of sp³-hybridized carbons (Fsp3) is 0.857. The van der Waals surface area contributed by atoms with Gasteiger partial charge < -0.3 is 0 Å². The average Bonchev–Trinajstić information content (AvgIpc) is 2.63. The van der Waals surface area contributed by atoms with E-state index < -0.39 is 0 Å². The molecule has 78 valence electrons. The summed E-state index contributed by atoms with van der Waals surface area (Å²) in [7, 11) is 0. The van der Waals surface area contributed by atoms with Gasteiger partial charge in [0.15, 0.2) is 0 Å². The first-order valence-electron chi connectivity index (χ1n) is 6.19. The van der Waals surface area contributed by atoms with E-state index in [0.29, 0.717) is 10.8 Å². The Kier molecular flexibility index (Phi) is 1.47. The van der Waals surface area contributed by atoms with Crippen molar-refractivity contribution in [3.63, 3.8) is 0 Å². The molecule has 0 amide bonds. The average molecular weight is 190 g/mol. The molecule has 3 aliphatic rings. The Balaban J connectivity index is 2.10. The van der Waals surface area contributed by atoms with Crippen molar-refractivity contribution in [3.05, 3.63) is 11.6 Å². The molecule has 0 aromatic heterocycles. The van der Waals surface area contributed by atoms with Crippen LogP contribution in [0.15, 0.2) is 11.6 Å². The normalized spacial score (nSPS) is 54.5. The highest BCUT2D eigenvalue weighted by atomic mass is 14.7. The lowest BCUT2D eigenvalue weighted by atomic mass is 9.66. The van der Waals surface area contributed by atoms with Crippen LogP contribution in [0.25, 0.3) is 0 Å². The summed E-state index contributed by atoms with van der Waals surface area (Å²) in [6.07, 6.45) is 7.09. The predicted molar refractivity (Wildman–Crippen MR) is 60.0 cm³/mol. The third kappa shape index (κ3) is 0.708. The zero-order valence-electron chi connectivity index (χ0n) is 9.93. The molecule has 4 atom stereocenters. The Morgan fingerprint density at radius 3 is 2.57 bits per heavy atom. The molecule has 0 radical (unpaired) electrons. The maximum absolute atomic E-state index is 2.63. The van der Waals surface area contributed by atoms with Crippen molar-refractivity contribution in [1.82, 2.24) is 0 Å². The maximum atomic E-state index is 2.63. The smallest absolute Gasteiger partial charge is 0.0112 e. The molecule has 0 spiro atoms. The van der Waals surface area contributed by atoms with Crippen molar-refractivity contribution in [2.75, 3.05) is 0 Å². The number of hydrogen-bond acceptors (Lipinski definition) is 0. The van der Waals surface area contributed by atoms with Crippen molar-refractivity contribution in [3.8, 4) is 0 Å². The van der Waals surface area contributed by atoms with E-state index in [2.05, 4.69) is 33.8 Å². The maximum Gasteiger partial charge on any atom is -0.0112 e. The largest absolute Gasteiger partial charge is 0.0811 e. The van der Waals surface area contributed by atoms with Gasteiger partial charge in [0.25, 0.3) is 0 Å². The molecule has 0 saturated heterocycles. The van der Waals surface area contributed by atoms with Crippen LogP contribution >= 0.6 is 0 Å². The van der Waals surface area contributed by atoms with E-state index in [0.717, 1.165) is 17.8 Å². The predicted octanol–water partition coefficient (Wildman–Crippen LogP) is 4.02. The molecule has 0 heterocycles. The van der Waals surface area contributed by atoms with Crippen LogP contribution in [0, 0.1) is 28.6 Å². The van der Waals surface area contributed by atoms with E-state index in [-0.39, 0.29) is 0 Å². The Bertz CT molecular complexity index is 312. The summed E-state index contributed by atoms with van der Waals surface area (Å²) in [4.78, 5) is 0. The van der Waals surface area contributed by atoms with Gasteiger partial charge in [0.05, 0.1) is 0 Å². The van der Waals surface area contributed by atoms with Crippen LogP contribution < -0.4 is 0 Å². The van der Waals surface area contributed by atoms with Gasteiger partial charge >= 0.3 is 0 Å². The SMILES string of the molecule is CC1=C[C@H]2[C@@]3(C(C)C)CC[C@@]2(C)[C@@H]1C3. The first-order valence-corrected chi connectivity index (χ1v) is 6.19. The van der Waals surface area contributed by atoms with Crippen molar-refractivity contribution in [2.24, 2.45) is 28.6 Å². The van der Waals surface area contributed by atoms with Gasteiger partial charge in [0.1, 0.15) is 0 Å². The molecule has 0 N–H and O–H groups in total. The summed E-state index contributed by atoms with van der Waals surface area (Å²) in [6, 6.07) is 0. The second-order valence-corrected chi connectivity index (χ2v) is 6.54. The molecule has 0 unspecified atom stereocenters. The molecule has 0 aromatic rings. The van der Waals surface area contributed by atoms with Crippen LogP contribution in [0.1, 0.15) is 47.0 Å². The highest BCUT2D eigenvalue weighted by molar-refractivity contribution is 5.33. The molecule has 4 bridgehead atoms. The van der Waals surface area contributed by atoms with Gasteiger partial charge in [-0.05, 0) is 54.8 Å². The van der Waals surface area contributed by atoms with E-state index in [1.807, 2.05) is 0 Å². The quantitative estimate of drug-likeness (QED) is 0.548. The molecule has 14 heavy (non-hydrogen) atoms. The Morgan fingerprint density at radius 1 is 1.36 bits per heavy atom. The van der Waals surface area contributed by atoms with Crippen LogP contribution in [0.5, 0.6) is 0 Å². The molecular formula is C14H22. The second-order valence-electron chi connectivity index (χ2n) is 6.54. The van der Waals surface area contributed by atoms with Crippen LogP contribution in [0.4, 0.5) is 0 Å². The van der Waals surface area contributed by atoms with Gasteiger partial charge in [-0.25, -0.2) is 0 Å². The van der Waals surface area contributed by atoms with Crippen LogP contribution in [-0.2, 0) is 0 Å². The number of hydrogen-bond donors (Lipinski definition) is 0. The van der Waals surface area contributed by atoms with Crippen molar-refractivity contribution < 1.29 is 0 Å². The first-order chi connectivity index (χ1) is 6.51. The Labute approximate surface area is 87.8 Å². The van der Waals surface area contributed by atoms with Gasteiger partial charge in [-0.3, -0.25) is 0 Å². The van der Waals surface area contributed by atoms with Gasteiger partial charge in [-0.1, -0.05) is 32.4 Å². The highest BCUT2D eigenvalue weighted by Crippen LogP contribution is 2.75. The summed E-state index contributed by atoms with van der Waals surface area (Å²) in [5, 5.41) is 0. The molecule has 3 rings (SSSR count). The monoisotopic (exact) mass is 190 g/mol. The van der Waals surface area contributed by atoms with Gasteiger partial charge in [-0.2, -0.15) is 0 Å². The topological polar surface area (TPSA) is 0 Å². The van der Waals surface area contributed by atoms with Crippen LogP contribution in [0.2, 0.25) is 0 Å². The van der Waals surface area contributed by atoms with Gasteiger partial charge in [0, 0.05) is 0 Å². The zero-order chi connectivity index (χ0) is 10.1. The molecule has 2 fully saturated rings. The lowest BCUT2D eigenvalue weighted by Gasteiger charge is -2.39. The third-order valence-electron chi connectivity index (χ3n) is 5.97. The lowest BCUT2D eigenvalue weighted by molar-refractivity contribution is 0.148. The van der Waals surface area contributed by atoms with Crippen LogP contribution in [-0.4, -0.2) is 0 Å². The number of rotatable bonds is 1. The van der Waals surface area contributed by atoms with E-state index in [1.54, 1.807) is 5.57 Å². The number of allylic oxidation sites excluding steroid dienone is 2. The van der Waals surface area contributed by atoms with Crippen molar-refractivity contribution >= 4 is 0 Å². The Morgan fingerprint density at radius 2 is 2.07 bits per heavy atom. The van der Waals surface area contributed by atoms with Gasteiger partial charge in [0.2, 0.25) is 0 Å². The summed E-state index contributed by atoms with van der Waals surface area (Å²) in [6.45, 7) is 9.79. The molecule has 0 aliphatic heterocycles.